The Morgan fingerprint density at radius 1 is 1.20 bits per heavy atom. The van der Waals surface area contributed by atoms with Crippen molar-refractivity contribution in [3.8, 4) is 0 Å². The Balaban J connectivity index is 1.50. The SMILES string of the molecule is Cn1cnc2ccc(C(=O)N3CCCC4c5ccccc5CC43)cc21. The Bertz CT molecular complexity index is 974. The fourth-order valence-corrected chi connectivity index (χ4v) is 4.66. The molecular weight excluding hydrogens is 310 g/mol. The number of benzene rings is 2. The van der Waals surface area contributed by atoms with Crippen molar-refractivity contribution in [3.63, 3.8) is 0 Å². The van der Waals surface area contributed by atoms with E-state index in [0.29, 0.717) is 12.0 Å². The van der Waals surface area contributed by atoms with Gasteiger partial charge in [0.25, 0.3) is 5.91 Å². The predicted molar refractivity (Wildman–Crippen MR) is 97.7 cm³/mol. The van der Waals surface area contributed by atoms with E-state index in [2.05, 4.69) is 34.1 Å². The van der Waals surface area contributed by atoms with Gasteiger partial charge in [-0.15, -0.1) is 0 Å². The van der Waals surface area contributed by atoms with Crippen molar-refractivity contribution in [2.24, 2.45) is 7.05 Å². The summed E-state index contributed by atoms with van der Waals surface area (Å²) in [6.07, 6.45) is 5.05. The number of amides is 1. The van der Waals surface area contributed by atoms with Crippen LogP contribution >= 0.6 is 0 Å². The second kappa shape index (κ2) is 5.45. The lowest BCUT2D eigenvalue weighted by atomic mass is 9.88. The molecule has 4 heteroatoms. The normalized spacial score (nSPS) is 22.0. The Hall–Kier alpha value is -2.62. The molecule has 2 unspecified atom stereocenters. The minimum Gasteiger partial charge on any atom is -0.335 e. The number of nitrogens with zero attached hydrogens (tertiary/aromatic N) is 3. The van der Waals surface area contributed by atoms with E-state index in [1.165, 1.54) is 17.5 Å². The monoisotopic (exact) mass is 331 g/mol. The number of hydrogen-bond acceptors (Lipinski definition) is 2. The molecule has 0 spiro atoms. The van der Waals surface area contributed by atoms with E-state index in [4.69, 9.17) is 0 Å². The van der Waals surface area contributed by atoms with Crippen molar-refractivity contribution in [1.82, 2.24) is 14.5 Å². The third kappa shape index (κ3) is 2.20. The summed E-state index contributed by atoms with van der Waals surface area (Å²) in [4.78, 5) is 19.7. The molecule has 1 amide bonds. The van der Waals surface area contributed by atoms with Gasteiger partial charge in [-0.3, -0.25) is 4.79 Å². The van der Waals surface area contributed by atoms with Gasteiger partial charge in [0.05, 0.1) is 17.4 Å². The Kier molecular flexibility index (Phi) is 3.20. The maximum absolute atomic E-state index is 13.3. The highest BCUT2D eigenvalue weighted by molar-refractivity contribution is 5.97. The minimum absolute atomic E-state index is 0.158. The maximum atomic E-state index is 13.3. The molecule has 0 N–H and O–H groups in total. The lowest BCUT2D eigenvalue weighted by Gasteiger charge is -2.38. The third-order valence-electron chi connectivity index (χ3n) is 5.90. The Labute approximate surface area is 147 Å². The van der Waals surface area contributed by atoms with Crippen LogP contribution in [0, 0.1) is 0 Å². The number of aromatic nitrogens is 2. The fraction of sp³-hybridized carbons (Fsp3) is 0.333. The van der Waals surface area contributed by atoms with Gasteiger partial charge in [0.1, 0.15) is 0 Å². The highest BCUT2D eigenvalue weighted by Gasteiger charge is 2.40. The summed E-state index contributed by atoms with van der Waals surface area (Å²) in [6.45, 7) is 0.859. The van der Waals surface area contributed by atoms with Crippen molar-refractivity contribution < 1.29 is 4.79 Å². The van der Waals surface area contributed by atoms with Crippen LogP contribution in [0.4, 0.5) is 0 Å². The van der Waals surface area contributed by atoms with Gasteiger partial charge >= 0.3 is 0 Å². The van der Waals surface area contributed by atoms with Gasteiger partial charge in [0, 0.05) is 31.1 Å². The van der Waals surface area contributed by atoms with E-state index in [9.17, 15) is 4.79 Å². The van der Waals surface area contributed by atoms with E-state index in [1.807, 2.05) is 29.8 Å². The Morgan fingerprint density at radius 3 is 3.00 bits per heavy atom. The van der Waals surface area contributed by atoms with Gasteiger partial charge in [0.15, 0.2) is 0 Å². The molecule has 1 aromatic heterocycles. The van der Waals surface area contributed by atoms with Gasteiger partial charge in [-0.1, -0.05) is 24.3 Å². The zero-order valence-corrected chi connectivity index (χ0v) is 14.4. The molecule has 2 aromatic carbocycles. The average molecular weight is 331 g/mol. The number of piperidine rings is 1. The number of likely N-dealkylation sites (tertiary alicyclic amines) is 1. The van der Waals surface area contributed by atoms with Gasteiger partial charge in [-0.2, -0.15) is 0 Å². The van der Waals surface area contributed by atoms with Gasteiger partial charge < -0.3 is 9.47 Å². The average Bonchev–Trinajstić information content (AvgIpc) is 3.21. The summed E-state index contributed by atoms with van der Waals surface area (Å²) in [6, 6.07) is 14.9. The van der Waals surface area contributed by atoms with Crippen LogP contribution in [0.1, 0.15) is 40.2 Å². The van der Waals surface area contributed by atoms with Gasteiger partial charge in [-0.05, 0) is 48.6 Å². The van der Waals surface area contributed by atoms with E-state index in [-0.39, 0.29) is 5.91 Å². The first-order valence-electron chi connectivity index (χ1n) is 9.02. The topological polar surface area (TPSA) is 38.1 Å². The van der Waals surface area contributed by atoms with E-state index >= 15 is 0 Å². The van der Waals surface area contributed by atoms with E-state index < -0.39 is 0 Å². The number of hydrogen-bond donors (Lipinski definition) is 0. The number of aryl methyl sites for hydroxylation is 1. The highest BCUT2D eigenvalue weighted by Crippen LogP contribution is 2.42. The molecule has 3 aromatic rings. The van der Waals surface area contributed by atoms with E-state index in [0.717, 1.165) is 36.0 Å². The quantitative estimate of drug-likeness (QED) is 0.684. The molecule has 4 nitrogen and oxygen atoms in total. The van der Waals surface area contributed by atoms with Crippen molar-refractivity contribution in [2.45, 2.75) is 31.2 Å². The predicted octanol–water partition coefficient (Wildman–Crippen LogP) is 3.52. The minimum atomic E-state index is 0.158. The Morgan fingerprint density at radius 2 is 2.08 bits per heavy atom. The van der Waals surface area contributed by atoms with Crippen LogP contribution < -0.4 is 0 Å². The van der Waals surface area contributed by atoms with Crippen molar-refractivity contribution in [1.29, 1.82) is 0 Å². The van der Waals surface area contributed by atoms with Crippen molar-refractivity contribution >= 4 is 16.9 Å². The number of carbonyl (C=O) groups excluding carboxylic acids is 1. The third-order valence-corrected chi connectivity index (χ3v) is 5.90. The van der Waals surface area contributed by atoms with Crippen LogP contribution in [0.2, 0.25) is 0 Å². The maximum Gasteiger partial charge on any atom is 0.254 e. The first kappa shape index (κ1) is 14.7. The van der Waals surface area contributed by atoms with Crippen LogP contribution in [0.5, 0.6) is 0 Å². The summed E-state index contributed by atoms with van der Waals surface area (Å²) in [5.41, 5.74) is 5.58. The van der Waals surface area contributed by atoms with Gasteiger partial charge in [0.2, 0.25) is 0 Å². The lowest BCUT2D eigenvalue weighted by molar-refractivity contribution is 0.0595. The largest absolute Gasteiger partial charge is 0.335 e. The number of fused-ring (bicyclic) bond motifs is 4. The van der Waals surface area contributed by atoms with Crippen LogP contribution in [0.15, 0.2) is 48.8 Å². The molecule has 25 heavy (non-hydrogen) atoms. The van der Waals surface area contributed by atoms with Crippen LogP contribution in [-0.2, 0) is 13.5 Å². The molecule has 2 heterocycles. The summed E-state index contributed by atoms with van der Waals surface area (Å²) >= 11 is 0. The van der Waals surface area contributed by atoms with Crippen molar-refractivity contribution in [2.75, 3.05) is 6.54 Å². The zero-order valence-electron chi connectivity index (χ0n) is 14.4. The molecule has 126 valence electrons. The lowest BCUT2D eigenvalue weighted by Crippen LogP contribution is -2.46. The molecule has 1 saturated heterocycles. The summed E-state index contributed by atoms with van der Waals surface area (Å²) in [7, 11) is 1.97. The number of imidazole rings is 1. The summed E-state index contributed by atoms with van der Waals surface area (Å²) in [5, 5.41) is 0. The number of carbonyl (C=O) groups is 1. The summed E-state index contributed by atoms with van der Waals surface area (Å²) < 4.78 is 1.97. The standard InChI is InChI=1S/C21H21N3O/c1-23-13-22-18-9-8-15(12-20(18)23)21(25)24-10-4-7-17-16-6-3-2-5-14(16)11-19(17)24/h2-3,5-6,8-9,12-13,17,19H,4,7,10-11H2,1H3. The molecule has 1 fully saturated rings. The second-order valence-electron chi connectivity index (χ2n) is 7.28. The molecule has 0 radical (unpaired) electrons. The fourth-order valence-electron chi connectivity index (χ4n) is 4.66. The smallest absolute Gasteiger partial charge is 0.254 e. The molecule has 2 atom stereocenters. The van der Waals surface area contributed by atoms with Gasteiger partial charge in [-0.25, -0.2) is 4.98 Å². The highest BCUT2D eigenvalue weighted by atomic mass is 16.2. The van der Waals surface area contributed by atoms with Crippen LogP contribution in [-0.4, -0.2) is 32.9 Å². The first-order valence-corrected chi connectivity index (χ1v) is 9.02. The summed E-state index contributed by atoms with van der Waals surface area (Å²) in [5.74, 6) is 0.653. The number of rotatable bonds is 1. The second-order valence-corrected chi connectivity index (χ2v) is 7.28. The zero-order chi connectivity index (χ0) is 17.0. The molecule has 1 aliphatic heterocycles. The molecule has 0 saturated carbocycles. The van der Waals surface area contributed by atoms with Crippen LogP contribution in [0.25, 0.3) is 11.0 Å². The van der Waals surface area contributed by atoms with E-state index in [1.54, 1.807) is 6.33 Å². The molecular formula is C21H21N3O. The molecule has 2 aliphatic rings. The van der Waals surface area contributed by atoms with Crippen molar-refractivity contribution in [3.05, 3.63) is 65.5 Å². The molecule has 5 rings (SSSR count). The first-order chi connectivity index (χ1) is 12.2. The van der Waals surface area contributed by atoms with Crippen LogP contribution in [0.3, 0.4) is 0 Å². The molecule has 0 bridgehead atoms. The molecule has 1 aliphatic carbocycles.